The number of nitrogens with one attached hydrogen (secondary N) is 2. The summed E-state index contributed by atoms with van der Waals surface area (Å²) in [6.45, 7) is 3.83. The number of piperidine rings is 1. The van der Waals surface area contributed by atoms with E-state index in [2.05, 4.69) is 30.0 Å². The highest BCUT2D eigenvalue weighted by molar-refractivity contribution is 7.98. The van der Waals surface area contributed by atoms with Crippen LogP contribution in [0.15, 0.2) is 16.0 Å². The first-order chi connectivity index (χ1) is 10.6. The molecule has 3 heterocycles. The lowest BCUT2D eigenvalue weighted by atomic mass is 9.99. The van der Waals surface area contributed by atoms with Crippen LogP contribution < -0.4 is 10.9 Å². The zero-order chi connectivity index (χ0) is 15.5. The van der Waals surface area contributed by atoms with Crippen molar-refractivity contribution in [3.8, 4) is 0 Å². The van der Waals surface area contributed by atoms with Crippen molar-refractivity contribution in [2.45, 2.75) is 36.6 Å². The first kappa shape index (κ1) is 21.0. The number of aromatic nitrogens is 5. The van der Waals surface area contributed by atoms with Crippen molar-refractivity contribution in [3.05, 3.63) is 33.8 Å². The van der Waals surface area contributed by atoms with Gasteiger partial charge in [-0.1, -0.05) is 11.8 Å². The maximum absolute atomic E-state index is 11.5. The number of hydrogen-bond acceptors (Lipinski definition) is 6. The molecule has 0 spiro atoms. The maximum Gasteiger partial charge on any atom is 0.251 e. The monoisotopic (exact) mass is 392 g/mol. The van der Waals surface area contributed by atoms with Gasteiger partial charge >= 0.3 is 0 Å². The van der Waals surface area contributed by atoms with Gasteiger partial charge in [0.1, 0.15) is 11.6 Å². The van der Waals surface area contributed by atoms with Crippen molar-refractivity contribution in [2.24, 2.45) is 7.05 Å². The van der Waals surface area contributed by atoms with E-state index in [0.717, 1.165) is 36.2 Å². The molecule has 2 aromatic rings. The Bertz CT molecular complexity index is 714. The van der Waals surface area contributed by atoms with Gasteiger partial charge in [0.2, 0.25) is 0 Å². The van der Waals surface area contributed by atoms with Crippen LogP contribution in [0.2, 0.25) is 0 Å². The summed E-state index contributed by atoms with van der Waals surface area (Å²) in [6, 6.07) is 1.53. The van der Waals surface area contributed by atoms with E-state index in [1.54, 1.807) is 18.7 Å². The Morgan fingerprint density at radius 3 is 2.83 bits per heavy atom. The number of thioether (sulfide) groups is 1. The van der Waals surface area contributed by atoms with Crippen molar-refractivity contribution < 1.29 is 0 Å². The third kappa shape index (κ3) is 4.95. The van der Waals surface area contributed by atoms with Crippen molar-refractivity contribution in [2.75, 3.05) is 13.1 Å². The largest absolute Gasteiger partial charge is 0.316 e. The molecule has 7 nitrogen and oxygen atoms in total. The van der Waals surface area contributed by atoms with E-state index >= 15 is 0 Å². The van der Waals surface area contributed by atoms with E-state index in [9.17, 15) is 4.79 Å². The lowest BCUT2D eigenvalue weighted by Crippen LogP contribution is -2.29. The molecular formula is C14H22Cl2N6OS. The molecule has 0 radical (unpaired) electrons. The number of aromatic amines is 1. The SMILES string of the molecule is Cc1nc(CSc2nnc(C3CCCNC3)n2C)cc(=O)[nH]1.Cl.Cl. The van der Waals surface area contributed by atoms with Crippen LogP contribution >= 0.6 is 36.6 Å². The Morgan fingerprint density at radius 2 is 2.17 bits per heavy atom. The summed E-state index contributed by atoms with van der Waals surface area (Å²) in [4.78, 5) is 18.4. The standard InChI is InChI=1S/C14H20N6OS.2ClH/c1-9-16-11(6-12(21)17-9)8-22-14-19-18-13(20(14)2)10-4-3-5-15-7-10;;/h6,10,15H,3-5,7-8H2,1-2H3,(H,16,17,21);2*1H. The lowest BCUT2D eigenvalue weighted by Gasteiger charge is -2.21. The summed E-state index contributed by atoms with van der Waals surface area (Å²) in [7, 11) is 2.00. The number of halogens is 2. The zero-order valence-electron chi connectivity index (χ0n) is 13.6. The predicted molar refractivity (Wildman–Crippen MR) is 99.5 cm³/mol. The normalized spacial score (nSPS) is 17.0. The van der Waals surface area contributed by atoms with E-state index in [4.69, 9.17) is 0 Å². The van der Waals surface area contributed by atoms with Gasteiger partial charge in [-0.2, -0.15) is 0 Å². The van der Waals surface area contributed by atoms with E-state index in [1.807, 2.05) is 7.05 Å². The highest BCUT2D eigenvalue weighted by Gasteiger charge is 2.21. The minimum absolute atomic E-state index is 0. The molecule has 2 aromatic heterocycles. The minimum atomic E-state index is -0.116. The summed E-state index contributed by atoms with van der Waals surface area (Å²) in [6.07, 6.45) is 2.33. The topological polar surface area (TPSA) is 88.5 Å². The second-order valence-corrected chi connectivity index (χ2v) is 6.50. The van der Waals surface area contributed by atoms with Crippen molar-refractivity contribution in [3.63, 3.8) is 0 Å². The Kier molecular flexibility index (Phi) is 8.21. The van der Waals surface area contributed by atoms with Crippen LogP contribution in [0.25, 0.3) is 0 Å². The minimum Gasteiger partial charge on any atom is -0.316 e. The smallest absolute Gasteiger partial charge is 0.251 e. The zero-order valence-corrected chi connectivity index (χ0v) is 16.1. The number of H-pyrrole nitrogens is 1. The van der Waals surface area contributed by atoms with Crippen LogP contribution in [0.4, 0.5) is 0 Å². The molecule has 0 aliphatic carbocycles. The molecule has 24 heavy (non-hydrogen) atoms. The van der Waals surface area contributed by atoms with Crippen LogP contribution in [0.1, 0.15) is 36.1 Å². The second kappa shape index (κ2) is 9.41. The van der Waals surface area contributed by atoms with Crippen LogP contribution in [0, 0.1) is 6.92 Å². The summed E-state index contributed by atoms with van der Waals surface area (Å²) >= 11 is 1.56. The van der Waals surface area contributed by atoms with Crippen molar-refractivity contribution >= 4 is 36.6 Å². The molecule has 0 bridgehead atoms. The number of hydrogen-bond donors (Lipinski definition) is 2. The van der Waals surface area contributed by atoms with Crippen LogP contribution in [0.5, 0.6) is 0 Å². The van der Waals surface area contributed by atoms with Gasteiger partial charge in [0.15, 0.2) is 5.16 Å². The summed E-state index contributed by atoms with van der Waals surface area (Å²) < 4.78 is 2.06. The Balaban J connectivity index is 0.00000144. The molecule has 0 saturated carbocycles. The third-order valence-corrected chi connectivity index (χ3v) is 4.85. The number of nitrogens with zero attached hydrogens (tertiary/aromatic N) is 4. The fraction of sp³-hybridized carbons (Fsp3) is 0.571. The van der Waals surface area contributed by atoms with Gasteiger partial charge in [0.25, 0.3) is 5.56 Å². The van der Waals surface area contributed by atoms with Crippen molar-refractivity contribution in [1.29, 1.82) is 0 Å². The Hall–Kier alpha value is -1.09. The second-order valence-electron chi connectivity index (χ2n) is 5.55. The molecule has 1 aliphatic rings. The lowest BCUT2D eigenvalue weighted by molar-refractivity contribution is 0.436. The van der Waals surface area contributed by atoms with Gasteiger partial charge < -0.3 is 14.9 Å². The molecule has 1 unspecified atom stereocenters. The molecule has 1 aliphatic heterocycles. The van der Waals surface area contributed by atoms with E-state index < -0.39 is 0 Å². The molecule has 0 amide bonds. The first-order valence-corrected chi connectivity index (χ1v) is 8.41. The van der Waals surface area contributed by atoms with Gasteiger partial charge in [-0.15, -0.1) is 35.0 Å². The van der Waals surface area contributed by atoms with Crippen LogP contribution in [-0.4, -0.2) is 37.8 Å². The van der Waals surface area contributed by atoms with Gasteiger partial charge in [-0.3, -0.25) is 4.79 Å². The molecule has 1 saturated heterocycles. The van der Waals surface area contributed by atoms with E-state index in [1.165, 1.54) is 12.5 Å². The van der Waals surface area contributed by atoms with Crippen LogP contribution in [-0.2, 0) is 12.8 Å². The quantitative estimate of drug-likeness (QED) is 0.771. The molecule has 2 N–H and O–H groups in total. The van der Waals surface area contributed by atoms with Gasteiger partial charge in [0, 0.05) is 31.3 Å². The highest BCUT2D eigenvalue weighted by Crippen LogP contribution is 2.26. The molecule has 1 atom stereocenters. The number of rotatable bonds is 4. The summed E-state index contributed by atoms with van der Waals surface area (Å²) in [5, 5.41) is 12.9. The molecular weight excluding hydrogens is 371 g/mol. The molecule has 1 fully saturated rings. The van der Waals surface area contributed by atoms with Crippen LogP contribution in [0.3, 0.4) is 0 Å². The highest BCUT2D eigenvalue weighted by atomic mass is 35.5. The Labute approximate surface area is 157 Å². The fourth-order valence-corrected chi connectivity index (χ4v) is 3.54. The first-order valence-electron chi connectivity index (χ1n) is 7.43. The number of aryl methyl sites for hydroxylation is 1. The summed E-state index contributed by atoms with van der Waals surface area (Å²) in [5.74, 6) is 2.71. The third-order valence-electron chi connectivity index (χ3n) is 3.79. The molecule has 134 valence electrons. The van der Waals surface area contributed by atoms with E-state index in [0.29, 0.717) is 17.5 Å². The molecule has 3 rings (SSSR count). The van der Waals surface area contributed by atoms with Gasteiger partial charge in [-0.05, 0) is 26.3 Å². The molecule has 0 aromatic carbocycles. The average molecular weight is 393 g/mol. The van der Waals surface area contributed by atoms with E-state index in [-0.39, 0.29) is 30.4 Å². The van der Waals surface area contributed by atoms with Gasteiger partial charge in [0.05, 0.1) is 5.69 Å². The summed E-state index contributed by atoms with van der Waals surface area (Å²) in [5.41, 5.74) is 0.644. The predicted octanol–water partition coefficient (Wildman–Crippen LogP) is 1.81. The fourth-order valence-electron chi connectivity index (χ4n) is 2.73. The average Bonchev–Trinajstić information content (AvgIpc) is 2.86. The molecule has 10 heteroatoms. The van der Waals surface area contributed by atoms with Gasteiger partial charge in [-0.25, -0.2) is 4.98 Å². The maximum atomic E-state index is 11.5. The van der Waals surface area contributed by atoms with Crippen molar-refractivity contribution in [1.82, 2.24) is 30.0 Å². The Morgan fingerprint density at radius 1 is 1.38 bits per heavy atom.